The maximum absolute atomic E-state index is 5.91. The molecule has 0 radical (unpaired) electrons. The number of rotatable bonds is 11. The maximum atomic E-state index is 5.91. The molecule has 0 bridgehead atoms. The van der Waals surface area contributed by atoms with Crippen molar-refractivity contribution in [3.05, 3.63) is 29.8 Å². The highest BCUT2D eigenvalue weighted by atomic mass is 127. The van der Waals surface area contributed by atoms with Crippen molar-refractivity contribution in [1.82, 2.24) is 0 Å². The maximum Gasteiger partial charge on any atom is 0.119 e. The normalized spacial score (nSPS) is 21.4. The van der Waals surface area contributed by atoms with E-state index in [1.165, 1.54) is 75.8 Å². The third kappa shape index (κ3) is 7.47. The minimum absolute atomic E-state index is 0.253. The van der Waals surface area contributed by atoms with Gasteiger partial charge in [0.05, 0.1) is 13.6 Å². The summed E-state index contributed by atoms with van der Waals surface area (Å²) in [5.74, 6) is 2.83. The van der Waals surface area contributed by atoms with Crippen LogP contribution in [-0.2, 0) is 0 Å². The zero-order valence-electron chi connectivity index (χ0n) is 15.4. The third-order valence-electron chi connectivity index (χ3n) is 5.44. The van der Waals surface area contributed by atoms with Crippen molar-refractivity contribution < 1.29 is 4.74 Å². The molecule has 1 nitrogen and oxygen atoms in total. The molecule has 1 aromatic carbocycles. The van der Waals surface area contributed by atoms with Crippen LogP contribution in [0.5, 0.6) is 5.75 Å². The highest BCUT2D eigenvalue weighted by Crippen LogP contribution is 2.37. The molecule has 1 fully saturated rings. The van der Waals surface area contributed by atoms with Gasteiger partial charge in [-0.05, 0) is 61.6 Å². The molecule has 0 heterocycles. The van der Waals surface area contributed by atoms with Crippen molar-refractivity contribution in [2.24, 2.45) is 5.92 Å². The summed E-state index contributed by atoms with van der Waals surface area (Å²) < 4.78 is 5.91. The molecule has 1 aliphatic carbocycles. The highest BCUT2D eigenvalue weighted by Gasteiger charge is 2.21. The van der Waals surface area contributed by atoms with Crippen LogP contribution in [0.25, 0.3) is 0 Å². The van der Waals surface area contributed by atoms with Gasteiger partial charge in [-0.25, -0.2) is 0 Å². The highest BCUT2D eigenvalue weighted by molar-refractivity contribution is 14.1. The number of unbranched alkanes of at least 4 members (excludes halogenated alkanes) is 3. The Morgan fingerprint density at radius 2 is 1.71 bits per heavy atom. The summed E-state index contributed by atoms with van der Waals surface area (Å²) in [5, 5.41) is 0. The van der Waals surface area contributed by atoms with Gasteiger partial charge in [0.15, 0.2) is 0 Å². The predicted octanol–water partition coefficient (Wildman–Crippen LogP) is 6.64. The Hall–Kier alpha value is -0.0331. The number of hydrogen-bond acceptors (Lipinski definition) is 1. The van der Waals surface area contributed by atoms with E-state index in [9.17, 15) is 0 Å². The molecule has 3 heteroatoms. The second kappa shape index (κ2) is 12.3. The molecule has 24 heavy (non-hydrogen) atoms. The van der Waals surface area contributed by atoms with Crippen molar-refractivity contribution in [2.45, 2.75) is 83.1 Å². The molecule has 1 aliphatic rings. The quantitative estimate of drug-likeness (QED) is 0.156. The Labute approximate surface area is 164 Å². The van der Waals surface area contributed by atoms with Gasteiger partial charge < -0.3 is 4.74 Å². The monoisotopic (exact) mass is 458 g/mol. The Morgan fingerprint density at radius 1 is 1.00 bits per heavy atom. The number of ether oxygens (including phenoxy) is 1. The van der Waals surface area contributed by atoms with Crippen LogP contribution < -0.4 is 4.74 Å². The first-order valence-corrected chi connectivity index (χ1v) is 16.2. The summed E-state index contributed by atoms with van der Waals surface area (Å²) in [6.07, 6.45) is 13.7. The average Bonchev–Trinajstić information content (AvgIpc) is 2.62. The summed E-state index contributed by atoms with van der Waals surface area (Å²) in [7, 11) is 0.253. The van der Waals surface area contributed by atoms with Gasteiger partial charge in [-0.15, -0.1) is 21.8 Å². The van der Waals surface area contributed by atoms with Crippen molar-refractivity contribution in [1.29, 1.82) is 0 Å². The van der Waals surface area contributed by atoms with Crippen LogP contribution in [0.15, 0.2) is 24.3 Å². The van der Waals surface area contributed by atoms with E-state index in [1.54, 1.807) is 0 Å². The van der Waals surface area contributed by atoms with Crippen molar-refractivity contribution >= 4 is 28.8 Å². The molecule has 0 atom stereocenters. The van der Waals surface area contributed by atoms with E-state index in [0.717, 1.165) is 24.2 Å². The van der Waals surface area contributed by atoms with Crippen LogP contribution in [0, 0.1) is 5.92 Å². The standard InChI is InChI=1S/C21H35IOSi/c1-2-7-18-8-10-19(11-9-18)20-12-14-21(15-13-20)23-16-5-3-4-6-17-24-22/h12-15,18-19H,2-11,16-17,24H2,1H3/t18-,19-. The fourth-order valence-electron chi connectivity index (χ4n) is 3.95. The Morgan fingerprint density at radius 3 is 2.38 bits per heavy atom. The zero-order chi connectivity index (χ0) is 17.0. The molecule has 2 rings (SSSR count). The lowest BCUT2D eigenvalue weighted by Crippen LogP contribution is -2.13. The van der Waals surface area contributed by atoms with Gasteiger partial charge in [-0.1, -0.05) is 57.2 Å². The van der Waals surface area contributed by atoms with Crippen LogP contribution >= 0.6 is 21.8 Å². The Balaban J connectivity index is 1.64. The Bertz CT molecular complexity index is 426. The lowest BCUT2D eigenvalue weighted by molar-refractivity contribution is 0.302. The van der Waals surface area contributed by atoms with Gasteiger partial charge >= 0.3 is 0 Å². The van der Waals surface area contributed by atoms with Crippen molar-refractivity contribution in [3.63, 3.8) is 0 Å². The van der Waals surface area contributed by atoms with E-state index in [1.807, 2.05) is 0 Å². The molecule has 0 N–H and O–H groups in total. The lowest BCUT2D eigenvalue weighted by atomic mass is 9.77. The van der Waals surface area contributed by atoms with Gasteiger partial charge in [0.1, 0.15) is 5.75 Å². The van der Waals surface area contributed by atoms with Crippen LogP contribution in [-0.4, -0.2) is 13.6 Å². The smallest absolute Gasteiger partial charge is 0.119 e. The molecule has 0 unspecified atom stereocenters. The van der Waals surface area contributed by atoms with Crippen LogP contribution in [0.2, 0.25) is 6.04 Å². The largest absolute Gasteiger partial charge is 0.494 e. The van der Waals surface area contributed by atoms with E-state index in [-0.39, 0.29) is 7.02 Å². The fourth-order valence-corrected chi connectivity index (χ4v) is 6.11. The topological polar surface area (TPSA) is 9.23 Å². The van der Waals surface area contributed by atoms with Gasteiger partial charge in [0, 0.05) is 0 Å². The summed E-state index contributed by atoms with van der Waals surface area (Å²) in [6.45, 7) is 3.19. The number of halogens is 1. The molecule has 0 aliphatic heterocycles. The van der Waals surface area contributed by atoms with Crippen molar-refractivity contribution in [2.75, 3.05) is 6.61 Å². The second-order valence-corrected chi connectivity index (χ2v) is 11.7. The number of hydrogen-bond donors (Lipinski definition) is 0. The first kappa shape index (κ1) is 20.3. The van der Waals surface area contributed by atoms with E-state index in [0.29, 0.717) is 0 Å². The summed E-state index contributed by atoms with van der Waals surface area (Å²) in [4.78, 5) is 0. The lowest BCUT2D eigenvalue weighted by Gasteiger charge is -2.28. The summed E-state index contributed by atoms with van der Waals surface area (Å²) >= 11 is 2.60. The molecule has 1 aromatic rings. The molecule has 0 spiro atoms. The molecule has 0 amide bonds. The van der Waals surface area contributed by atoms with E-state index in [2.05, 4.69) is 53.0 Å². The molecular weight excluding hydrogens is 423 g/mol. The van der Waals surface area contributed by atoms with Crippen LogP contribution in [0.3, 0.4) is 0 Å². The minimum Gasteiger partial charge on any atom is -0.494 e. The van der Waals surface area contributed by atoms with E-state index >= 15 is 0 Å². The SMILES string of the molecule is CCC[C@H]1CC[C@H](c2ccc(OCCCCCC[SiH2]I)cc2)CC1. The Kier molecular flexibility index (Phi) is 10.4. The van der Waals surface area contributed by atoms with Gasteiger partial charge in [0.2, 0.25) is 0 Å². The molecule has 0 aromatic heterocycles. The summed E-state index contributed by atoms with van der Waals surface area (Å²) in [6, 6.07) is 10.5. The molecule has 1 saturated carbocycles. The summed E-state index contributed by atoms with van der Waals surface area (Å²) in [5.41, 5.74) is 1.53. The average molecular weight is 458 g/mol. The number of benzene rings is 1. The minimum atomic E-state index is 0.253. The first-order valence-electron chi connectivity index (χ1n) is 10.1. The van der Waals surface area contributed by atoms with Gasteiger partial charge in [-0.3, -0.25) is 0 Å². The first-order chi connectivity index (χ1) is 11.8. The molecule has 0 saturated heterocycles. The van der Waals surface area contributed by atoms with Crippen molar-refractivity contribution in [3.8, 4) is 5.75 Å². The van der Waals surface area contributed by atoms with Gasteiger partial charge in [0.25, 0.3) is 0 Å². The van der Waals surface area contributed by atoms with E-state index < -0.39 is 0 Å². The fraction of sp³-hybridized carbons (Fsp3) is 0.714. The molecular formula is C21H35IOSi. The third-order valence-corrected chi connectivity index (χ3v) is 8.50. The molecule has 136 valence electrons. The predicted molar refractivity (Wildman–Crippen MR) is 117 cm³/mol. The van der Waals surface area contributed by atoms with Crippen LogP contribution in [0.1, 0.15) is 82.6 Å². The zero-order valence-corrected chi connectivity index (χ0v) is 19.0. The van der Waals surface area contributed by atoms with Gasteiger partial charge in [-0.2, -0.15) is 0 Å². The van der Waals surface area contributed by atoms with Crippen LogP contribution in [0.4, 0.5) is 0 Å². The second-order valence-electron chi connectivity index (χ2n) is 7.38. The van der Waals surface area contributed by atoms with E-state index in [4.69, 9.17) is 4.74 Å².